The Morgan fingerprint density at radius 1 is 1.75 bits per heavy atom. The average Bonchev–Trinajstić information content (AvgIpc) is 2.08. The van der Waals surface area contributed by atoms with Crippen molar-refractivity contribution in [2.75, 3.05) is 19.0 Å². The third kappa shape index (κ3) is 2.11. The number of nitrogens with zero attached hydrogens (tertiary/aromatic N) is 1. The zero-order chi connectivity index (χ0) is 9.14. The Balaban J connectivity index is 2.45. The molecule has 1 heterocycles. The molecule has 0 aromatic heterocycles. The molecule has 0 aromatic carbocycles. The van der Waals surface area contributed by atoms with Crippen LogP contribution in [0.1, 0.15) is 13.3 Å². The van der Waals surface area contributed by atoms with Crippen molar-refractivity contribution in [3.05, 3.63) is 0 Å². The van der Waals surface area contributed by atoms with E-state index in [0.717, 1.165) is 0 Å². The Labute approximate surface area is 77.3 Å². The summed E-state index contributed by atoms with van der Waals surface area (Å²) >= 11 is 5.42. The summed E-state index contributed by atoms with van der Waals surface area (Å²) in [5, 5.41) is 9.38. The van der Waals surface area contributed by atoms with Crippen LogP contribution < -0.4 is 0 Å². The van der Waals surface area contributed by atoms with Crippen LogP contribution in [0.2, 0.25) is 0 Å². The van der Waals surface area contributed by atoms with Crippen LogP contribution in [0, 0.1) is 5.92 Å². The fraction of sp³-hybridized carbons (Fsp3) is 0.875. The van der Waals surface area contributed by atoms with E-state index in [9.17, 15) is 9.90 Å². The molecule has 2 atom stereocenters. The lowest BCUT2D eigenvalue weighted by atomic mass is 9.97. The quantitative estimate of drug-likeness (QED) is 0.612. The van der Waals surface area contributed by atoms with E-state index in [4.69, 9.17) is 11.6 Å². The number of aliphatic hydroxyl groups is 1. The number of piperidine rings is 1. The molecule has 4 heteroatoms. The molecule has 1 amide bonds. The maximum Gasteiger partial charge on any atom is 0.237 e. The van der Waals surface area contributed by atoms with E-state index in [-0.39, 0.29) is 23.8 Å². The topological polar surface area (TPSA) is 40.5 Å². The number of rotatable bonds is 1. The van der Waals surface area contributed by atoms with Crippen molar-refractivity contribution in [2.24, 2.45) is 5.92 Å². The standard InChI is InChI=1S/C8H14ClNO2/c1-6-5-10(8(12)4-9)3-2-7(6)11/h6-7,11H,2-5H2,1H3/t6-,7+/m0/s1. The number of aliphatic hydroxyl groups excluding tert-OH is 1. The van der Waals surface area contributed by atoms with Gasteiger partial charge in [-0.15, -0.1) is 11.6 Å². The minimum atomic E-state index is -0.260. The van der Waals surface area contributed by atoms with Crippen LogP contribution in [-0.4, -0.2) is 41.0 Å². The number of alkyl halides is 1. The second-order valence-corrected chi connectivity index (χ2v) is 3.57. The van der Waals surface area contributed by atoms with Gasteiger partial charge < -0.3 is 10.0 Å². The monoisotopic (exact) mass is 191 g/mol. The molecule has 0 aromatic rings. The SMILES string of the molecule is C[C@H]1CN(C(=O)CCl)CC[C@H]1O. The van der Waals surface area contributed by atoms with Crippen molar-refractivity contribution < 1.29 is 9.90 Å². The molecule has 0 radical (unpaired) electrons. The number of halogens is 1. The van der Waals surface area contributed by atoms with E-state index >= 15 is 0 Å². The molecule has 0 aliphatic carbocycles. The van der Waals surface area contributed by atoms with Gasteiger partial charge >= 0.3 is 0 Å². The summed E-state index contributed by atoms with van der Waals surface area (Å²) in [5.74, 6) is 0.185. The average molecular weight is 192 g/mol. The van der Waals surface area contributed by atoms with Gasteiger partial charge in [-0.3, -0.25) is 4.79 Å². The summed E-state index contributed by atoms with van der Waals surface area (Å²) in [6, 6.07) is 0. The zero-order valence-corrected chi connectivity index (χ0v) is 7.92. The minimum Gasteiger partial charge on any atom is -0.393 e. The van der Waals surface area contributed by atoms with Crippen LogP contribution in [-0.2, 0) is 4.79 Å². The van der Waals surface area contributed by atoms with E-state index in [1.807, 2.05) is 6.92 Å². The lowest BCUT2D eigenvalue weighted by molar-refractivity contribution is -0.131. The van der Waals surface area contributed by atoms with Gasteiger partial charge in [-0.1, -0.05) is 6.92 Å². The Morgan fingerprint density at radius 2 is 2.42 bits per heavy atom. The molecule has 3 nitrogen and oxygen atoms in total. The second-order valence-electron chi connectivity index (χ2n) is 3.31. The Morgan fingerprint density at radius 3 is 2.92 bits per heavy atom. The maximum absolute atomic E-state index is 11.1. The number of hydrogen-bond donors (Lipinski definition) is 1. The highest BCUT2D eigenvalue weighted by molar-refractivity contribution is 6.27. The van der Waals surface area contributed by atoms with Crippen LogP contribution in [0.15, 0.2) is 0 Å². The van der Waals surface area contributed by atoms with Gasteiger partial charge in [-0.2, -0.15) is 0 Å². The van der Waals surface area contributed by atoms with E-state index in [1.54, 1.807) is 4.90 Å². The van der Waals surface area contributed by atoms with Crippen LogP contribution in [0.4, 0.5) is 0 Å². The molecule has 0 bridgehead atoms. The fourth-order valence-electron chi connectivity index (χ4n) is 1.44. The Kier molecular flexibility index (Phi) is 3.35. The number of amides is 1. The lowest BCUT2D eigenvalue weighted by Crippen LogP contribution is -2.45. The van der Waals surface area contributed by atoms with E-state index in [2.05, 4.69) is 0 Å². The van der Waals surface area contributed by atoms with Gasteiger partial charge in [0.05, 0.1) is 6.10 Å². The summed E-state index contributed by atoms with van der Waals surface area (Å²) in [7, 11) is 0. The molecule has 0 spiro atoms. The predicted molar refractivity (Wildman–Crippen MR) is 47.1 cm³/mol. The number of carbonyl (C=O) groups is 1. The summed E-state index contributed by atoms with van der Waals surface area (Å²) in [5.41, 5.74) is 0. The third-order valence-electron chi connectivity index (χ3n) is 2.33. The Hall–Kier alpha value is -0.280. The summed E-state index contributed by atoms with van der Waals surface area (Å²) in [6.07, 6.45) is 0.411. The highest BCUT2D eigenvalue weighted by Crippen LogP contribution is 2.16. The number of hydrogen-bond acceptors (Lipinski definition) is 2. The number of likely N-dealkylation sites (tertiary alicyclic amines) is 1. The zero-order valence-electron chi connectivity index (χ0n) is 7.16. The smallest absolute Gasteiger partial charge is 0.237 e. The molecule has 1 rings (SSSR count). The van der Waals surface area contributed by atoms with Crippen molar-refractivity contribution in [3.8, 4) is 0 Å². The summed E-state index contributed by atoms with van der Waals surface area (Å²) in [4.78, 5) is 12.8. The summed E-state index contributed by atoms with van der Waals surface area (Å²) < 4.78 is 0. The first-order valence-corrected chi connectivity index (χ1v) is 4.70. The van der Waals surface area contributed by atoms with Crippen LogP contribution in [0.5, 0.6) is 0 Å². The van der Waals surface area contributed by atoms with Gasteiger partial charge in [0.25, 0.3) is 0 Å². The van der Waals surface area contributed by atoms with Gasteiger partial charge in [0, 0.05) is 13.1 Å². The van der Waals surface area contributed by atoms with Crippen molar-refractivity contribution in [1.29, 1.82) is 0 Å². The van der Waals surface area contributed by atoms with Crippen LogP contribution in [0.25, 0.3) is 0 Å². The lowest BCUT2D eigenvalue weighted by Gasteiger charge is -2.33. The first-order valence-electron chi connectivity index (χ1n) is 4.17. The molecule has 1 aliphatic heterocycles. The first-order chi connectivity index (χ1) is 5.65. The van der Waals surface area contributed by atoms with Gasteiger partial charge in [0.1, 0.15) is 5.88 Å². The van der Waals surface area contributed by atoms with Crippen LogP contribution >= 0.6 is 11.6 Å². The predicted octanol–water partition coefficient (Wildman–Crippen LogP) is 0.455. The maximum atomic E-state index is 11.1. The van der Waals surface area contributed by atoms with E-state index in [0.29, 0.717) is 19.5 Å². The van der Waals surface area contributed by atoms with Crippen molar-refractivity contribution >= 4 is 17.5 Å². The second kappa shape index (κ2) is 4.10. The fourth-order valence-corrected chi connectivity index (χ4v) is 1.61. The molecular formula is C8H14ClNO2. The molecule has 1 aliphatic rings. The van der Waals surface area contributed by atoms with E-state index in [1.165, 1.54) is 0 Å². The molecular weight excluding hydrogens is 178 g/mol. The number of carbonyl (C=O) groups excluding carboxylic acids is 1. The minimum absolute atomic E-state index is 0.0320. The van der Waals surface area contributed by atoms with Crippen molar-refractivity contribution in [3.63, 3.8) is 0 Å². The van der Waals surface area contributed by atoms with E-state index < -0.39 is 0 Å². The van der Waals surface area contributed by atoms with Gasteiger partial charge in [-0.05, 0) is 12.3 Å². The largest absolute Gasteiger partial charge is 0.393 e. The highest BCUT2D eigenvalue weighted by Gasteiger charge is 2.26. The molecule has 0 unspecified atom stereocenters. The first kappa shape index (κ1) is 9.81. The Bertz CT molecular complexity index is 174. The van der Waals surface area contributed by atoms with Gasteiger partial charge in [-0.25, -0.2) is 0 Å². The molecule has 1 N–H and O–H groups in total. The van der Waals surface area contributed by atoms with Gasteiger partial charge in [0.2, 0.25) is 5.91 Å². The van der Waals surface area contributed by atoms with Crippen LogP contribution in [0.3, 0.4) is 0 Å². The van der Waals surface area contributed by atoms with Crippen molar-refractivity contribution in [2.45, 2.75) is 19.4 Å². The van der Waals surface area contributed by atoms with Crippen molar-refractivity contribution in [1.82, 2.24) is 4.90 Å². The molecule has 0 saturated carbocycles. The third-order valence-corrected chi connectivity index (χ3v) is 2.56. The highest BCUT2D eigenvalue weighted by atomic mass is 35.5. The molecule has 1 fully saturated rings. The molecule has 70 valence electrons. The van der Waals surface area contributed by atoms with Gasteiger partial charge in [0.15, 0.2) is 0 Å². The summed E-state index contributed by atoms with van der Waals surface area (Å²) in [6.45, 7) is 3.21. The molecule has 12 heavy (non-hydrogen) atoms. The molecule has 1 saturated heterocycles. The normalized spacial score (nSPS) is 30.4.